The second-order valence-electron chi connectivity index (χ2n) is 4.23. The van der Waals surface area contributed by atoms with E-state index in [0.717, 1.165) is 19.5 Å². The van der Waals surface area contributed by atoms with E-state index in [2.05, 4.69) is 10.6 Å². The van der Waals surface area contributed by atoms with Gasteiger partial charge in [0.05, 0.1) is 19.8 Å². The lowest BCUT2D eigenvalue weighted by Gasteiger charge is -2.14. The molecule has 1 fully saturated rings. The molecule has 1 aliphatic rings. The zero-order valence-electron chi connectivity index (χ0n) is 10.7. The molecule has 0 aliphatic carbocycles. The Kier molecular flexibility index (Phi) is 4.04. The van der Waals surface area contributed by atoms with Gasteiger partial charge in [0.1, 0.15) is 11.5 Å². The fraction of sp³-hybridized carbons (Fsp3) is 0.462. The number of carbonyl (C=O) groups excluding carboxylic acids is 1. The van der Waals surface area contributed by atoms with Crippen LogP contribution in [0.4, 0.5) is 0 Å². The summed E-state index contributed by atoms with van der Waals surface area (Å²) in [5, 5.41) is 6.20. The van der Waals surface area contributed by atoms with Crippen LogP contribution in [0.25, 0.3) is 0 Å². The Hall–Kier alpha value is -1.75. The molecule has 1 aromatic carbocycles. The van der Waals surface area contributed by atoms with Crippen LogP contribution in [0.5, 0.6) is 11.5 Å². The number of amides is 1. The van der Waals surface area contributed by atoms with Crippen molar-refractivity contribution in [1.82, 2.24) is 10.6 Å². The third-order valence-corrected chi connectivity index (χ3v) is 3.05. The summed E-state index contributed by atoms with van der Waals surface area (Å²) >= 11 is 0. The van der Waals surface area contributed by atoms with Gasteiger partial charge in [-0.25, -0.2) is 0 Å². The van der Waals surface area contributed by atoms with Gasteiger partial charge < -0.3 is 20.1 Å². The number of benzene rings is 1. The van der Waals surface area contributed by atoms with Crippen molar-refractivity contribution in [2.75, 3.05) is 27.3 Å². The van der Waals surface area contributed by atoms with Crippen molar-refractivity contribution >= 4 is 5.91 Å². The second-order valence-corrected chi connectivity index (χ2v) is 4.23. The van der Waals surface area contributed by atoms with E-state index in [1.165, 1.54) is 0 Å². The van der Waals surface area contributed by atoms with Gasteiger partial charge in [-0.3, -0.25) is 4.79 Å². The third kappa shape index (κ3) is 2.73. The molecule has 98 valence electrons. The number of carbonyl (C=O) groups is 1. The summed E-state index contributed by atoms with van der Waals surface area (Å²) in [4.78, 5) is 12.1. The number of ether oxygens (including phenoxy) is 2. The van der Waals surface area contributed by atoms with Crippen LogP contribution in [0.1, 0.15) is 16.8 Å². The topological polar surface area (TPSA) is 59.6 Å². The molecule has 18 heavy (non-hydrogen) atoms. The quantitative estimate of drug-likeness (QED) is 0.829. The maximum absolute atomic E-state index is 12.1. The van der Waals surface area contributed by atoms with E-state index in [4.69, 9.17) is 9.47 Å². The molecule has 1 saturated heterocycles. The summed E-state index contributed by atoms with van der Waals surface area (Å²) in [6, 6.07) is 5.38. The predicted molar refractivity (Wildman–Crippen MR) is 68.3 cm³/mol. The van der Waals surface area contributed by atoms with Crippen molar-refractivity contribution in [2.45, 2.75) is 12.5 Å². The monoisotopic (exact) mass is 250 g/mol. The minimum Gasteiger partial charge on any atom is -0.497 e. The number of hydrogen-bond acceptors (Lipinski definition) is 4. The molecule has 1 aromatic rings. The molecule has 0 saturated carbocycles. The highest BCUT2D eigenvalue weighted by Crippen LogP contribution is 2.24. The Bertz CT molecular complexity index is 428. The molecule has 0 radical (unpaired) electrons. The lowest BCUT2D eigenvalue weighted by atomic mass is 10.1. The van der Waals surface area contributed by atoms with Crippen molar-refractivity contribution in [2.24, 2.45) is 0 Å². The van der Waals surface area contributed by atoms with E-state index < -0.39 is 0 Å². The first kappa shape index (κ1) is 12.7. The lowest BCUT2D eigenvalue weighted by Crippen LogP contribution is -2.36. The van der Waals surface area contributed by atoms with Crippen LogP contribution in [-0.4, -0.2) is 39.3 Å². The molecule has 2 N–H and O–H groups in total. The first-order chi connectivity index (χ1) is 8.74. The normalized spacial score (nSPS) is 18.4. The van der Waals surface area contributed by atoms with E-state index in [0.29, 0.717) is 17.1 Å². The average molecular weight is 250 g/mol. The van der Waals surface area contributed by atoms with Crippen LogP contribution in [0.3, 0.4) is 0 Å². The maximum Gasteiger partial charge on any atom is 0.255 e. The fourth-order valence-electron chi connectivity index (χ4n) is 2.03. The molecule has 1 atom stereocenters. The minimum atomic E-state index is -0.108. The van der Waals surface area contributed by atoms with E-state index in [1.807, 2.05) is 0 Å². The third-order valence-electron chi connectivity index (χ3n) is 3.05. The van der Waals surface area contributed by atoms with Gasteiger partial charge >= 0.3 is 0 Å². The molecule has 1 amide bonds. The Morgan fingerprint density at radius 2 is 2.22 bits per heavy atom. The predicted octanol–water partition coefficient (Wildman–Crippen LogP) is 0.795. The van der Waals surface area contributed by atoms with Crippen molar-refractivity contribution in [1.29, 1.82) is 0 Å². The van der Waals surface area contributed by atoms with Gasteiger partial charge in [-0.1, -0.05) is 0 Å². The number of hydrogen-bond donors (Lipinski definition) is 2. The van der Waals surface area contributed by atoms with E-state index in [1.54, 1.807) is 32.4 Å². The Labute approximate surface area is 106 Å². The van der Waals surface area contributed by atoms with Crippen LogP contribution < -0.4 is 20.1 Å². The zero-order valence-corrected chi connectivity index (χ0v) is 10.7. The number of nitrogens with one attached hydrogen (secondary N) is 2. The summed E-state index contributed by atoms with van der Waals surface area (Å²) in [6.45, 7) is 1.77. The number of rotatable bonds is 4. The molecule has 5 heteroatoms. The van der Waals surface area contributed by atoms with Gasteiger partial charge in [-0.2, -0.15) is 0 Å². The van der Waals surface area contributed by atoms with E-state index >= 15 is 0 Å². The van der Waals surface area contributed by atoms with Gasteiger partial charge in [-0.05, 0) is 25.1 Å². The molecule has 1 aliphatic heterocycles. The largest absolute Gasteiger partial charge is 0.497 e. The highest BCUT2D eigenvalue weighted by atomic mass is 16.5. The Morgan fingerprint density at radius 1 is 1.39 bits per heavy atom. The van der Waals surface area contributed by atoms with Gasteiger partial charge in [-0.15, -0.1) is 0 Å². The SMILES string of the molecule is COc1ccc(C(=O)N[C@@H]2CCNC2)c(OC)c1. The number of methoxy groups -OCH3 is 2. The van der Waals surface area contributed by atoms with E-state index in [-0.39, 0.29) is 11.9 Å². The van der Waals surface area contributed by atoms with Gasteiger partial charge in [0.15, 0.2) is 0 Å². The maximum atomic E-state index is 12.1. The summed E-state index contributed by atoms with van der Waals surface area (Å²) < 4.78 is 10.3. The molecule has 0 aromatic heterocycles. The smallest absolute Gasteiger partial charge is 0.255 e. The average Bonchev–Trinajstić information content (AvgIpc) is 2.90. The summed E-state index contributed by atoms with van der Waals surface area (Å²) in [5.41, 5.74) is 0.533. The van der Waals surface area contributed by atoms with Crippen LogP contribution >= 0.6 is 0 Å². The standard InChI is InChI=1S/C13H18N2O3/c1-17-10-3-4-11(12(7-10)18-2)13(16)15-9-5-6-14-8-9/h3-4,7,9,14H,5-6,8H2,1-2H3,(H,15,16)/t9-/m1/s1. The second kappa shape index (κ2) is 5.73. The molecular weight excluding hydrogens is 232 g/mol. The van der Waals surface area contributed by atoms with Gasteiger partial charge in [0.25, 0.3) is 5.91 Å². The van der Waals surface area contributed by atoms with Crippen LogP contribution in [0.15, 0.2) is 18.2 Å². The molecule has 0 spiro atoms. The molecule has 0 bridgehead atoms. The van der Waals surface area contributed by atoms with Crippen LogP contribution in [0.2, 0.25) is 0 Å². The molecule has 0 unspecified atom stereocenters. The lowest BCUT2D eigenvalue weighted by molar-refractivity contribution is 0.0937. The summed E-state index contributed by atoms with van der Waals surface area (Å²) in [5.74, 6) is 1.09. The van der Waals surface area contributed by atoms with E-state index in [9.17, 15) is 4.79 Å². The Balaban J connectivity index is 2.13. The molecule has 2 rings (SSSR count). The van der Waals surface area contributed by atoms with Gasteiger partial charge in [0, 0.05) is 18.7 Å². The van der Waals surface area contributed by atoms with Gasteiger partial charge in [0.2, 0.25) is 0 Å². The molecular formula is C13H18N2O3. The highest BCUT2D eigenvalue weighted by molar-refractivity contribution is 5.97. The zero-order chi connectivity index (χ0) is 13.0. The van der Waals surface area contributed by atoms with Crippen LogP contribution in [-0.2, 0) is 0 Å². The van der Waals surface area contributed by atoms with Crippen molar-refractivity contribution in [3.8, 4) is 11.5 Å². The molecule has 5 nitrogen and oxygen atoms in total. The van der Waals surface area contributed by atoms with Crippen LogP contribution in [0, 0.1) is 0 Å². The fourth-order valence-corrected chi connectivity index (χ4v) is 2.03. The first-order valence-corrected chi connectivity index (χ1v) is 5.98. The summed E-state index contributed by atoms with van der Waals surface area (Å²) in [7, 11) is 3.13. The summed E-state index contributed by atoms with van der Waals surface area (Å²) in [6.07, 6.45) is 0.963. The van der Waals surface area contributed by atoms with Crippen molar-refractivity contribution in [3.63, 3.8) is 0 Å². The van der Waals surface area contributed by atoms with Crippen molar-refractivity contribution in [3.05, 3.63) is 23.8 Å². The Morgan fingerprint density at radius 3 is 2.83 bits per heavy atom. The molecule has 1 heterocycles. The highest BCUT2D eigenvalue weighted by Gasteiger charge is 2.20. The van der Waals surface area contributed by atoms with Crippen molar-refractivity contribution < 1.29 is 14.3 Å². The first-order valence-electron chi connectivity index (χ1n) is 5.98. The minimum absolute atomic E-state index is 0.108.